The number of nitrogens with two attached hydrogens (primary N) is 1. The smallest absolute Gasteiger partial charge is 0.322 e. The lowest BCUT2D eigenvalue weighted by atomic mass is 9.87. The van der Waals surface area contributed by atoms with Crippen molar-refractivity contribution < 1.29 is 14.3 Å². The molecule has 0 fully saturated rings. The van der Waals surface area contributed by atoms with Gasteiger partial charge in [-0.2, -0.15) is 0 Å². The van der Waals surface area contributed by atoms with E-state index < -0.39 is 0 Å². The molecule has 3 amide bonds. The van der Waals surface area contributed by atoms with Gasteiger partial charge in [0.2, 0.25) is 5.91 Å². The van der Waals surface area contributed by atoms with Crippen LogP contribution in [0.25, 0.3) is 0 Å². The average molecular weight is 503 g/mol. The van der Waals surface area contributed by atoms with Crippen LogP contribution in [0.1, 0.15) is 44.7 Å². The van der Waals surface area contributed by atoms with Crippen molar-refractivity contribution in [2.45, 2.75) is 45.6 Å². The number of urea groups is 1. The number of hydrogen-bond acceptors (Lipinski definition) is 4. The molecule has 3 aromatic carbocycles. The van der Waals surface area contributed by atoms with Crippen LogP contribution < -0.4 is 21.1 Å². The second-order valence-corrected chi connectivity index (χ2v) is 10.0. The van der Waals surface area contributed by atoms with Gasteiger partial charge in [-0.1, -0.05) is 63.2 Å². The molecule has 0 spiro atoms. The summed E-state index contributed by atoms with van der Waals surface area (Å²) in [5.41, 5.74) is 9.25. The van der Waals surface area contributed by atoms with E-state index in [1.807, 2.05) is 66.7 Å². The third-order valence-electron chi connectivity index (χ3n) is 5.89. The summed E-state index contributed by atoms with van der Waals surface area (Å²) in [5.74, 6) is 0.453. The van der Waals surface area contributed by atoms with E-state index >= 15 is 0 Å². The van der Waals surface area contributed by atoms with Crippen LogP contribution >= 0.6 is 0 Å². The molecule has 0 bridgehead atoms. The maximum Gasteiger partial charge on any atom is 0.322 e. The van der Waals surface area contributed by atoms with Crippen molar-refractivity contribution in [2.75, 3.05) is 30.3 Å². The Morgan fingerprint density at radius 2 is 1.46 bits per heavy atom. The van der Waals surface area contributed by atoms with E-state index in [0.29, 0.717) is 43.2 Å². The molecule has 4 N–H and O–H groups in total. The molecule has 3 rings (SSSR count). The molecule has 0 heterocycles. The second kappa shape index (κ2) is 13.5. The maximum atomic E-state index is 13.0. The Morgan fingerprint density at radius 3 is 2.08 bits per heavy atom. The standard InChI is InChI=1S/C30H38N4O3/c1-30(2,3)24-11-13-25(14-12-24)32-28(35)21-34(20-8-7-19-31)29(36)33-26-15-17-27(18-16-26)37-22-23-9-5-4-6-10-23/h4-6,9-18H,7-8,19-22,31H2,1-3H3,(H,32,35)(H,33,36). The summed E-state index contributed by atoms with van der Waals surface area (Å²) in [6, 6.07) is 24.6. The number of carbonyl (C=O) groups is 2. The number of carbonyl (C=O) groups excluding carboxylic acids is 2. The van der Waals surface area contributed by atoms with E-state index in [1.54, 1.807) is 12.1 Å². The van der Waals surface area contributed by atoms with Crippen molar-refractivity contribution in [1.82, 2.24) is 4.90 Å². The molecule has 0 saturated carbocycles. The van der Waals surface area contributed by atoms with Crippen LogP contribution in [0.4, 0.5) is 16.2 Å². The van der Waals surface area contributed by atoms with Crippen molar-refractivity contribution in [1.29, 1.82) is 0 Å². The Labute approximate surface area is 220 Å². The van der Waals surface area contributed by atoms with Gasteiger partial charge in [0.25, 0.3) is 0 Å². The number of hydrogen-bond donors (Lipinski definition) is 3. The minimum Gasteiger partial charge on any atom is -0.489 e. The molecule has 37 heavy (non-hydrogen) atoms. The number of unbranched alkanes of at least 4 members (excludes halogenated alkanes) is 1. The van der Waals surface area contributed by atoms with Crippen LogP contribution in [0.15, 0.2) is 78.9 Å². The monoisotopic (exact) mass is 502 g/mol. The zero-order valence-electron chi connectivity index (χ0n) is 22.0. The zero-order valence-corrected chi connectivity index (χ0v) is 22.0. The number of amides is 3. The molecule has 0 saturated heterocycles. The molecule has 0 atom stereocenters. The summed E-state index contributed by atoms with van der Waals surface area (Å²) >= 11 is 0. The van der Waals surface area contributed by atoms with Crippen LogP contribution in [-0.4, -0.2) is 36.5 Å². The molecule has 0 unspecified atom stereocenters. The van der Waals surface area contributed by atoms with Gasteiger partial charge in [0.05, 0.1) is 0 Å². The third kappa shape index (κ3) is 9.28. The fraction of sp³-hybridized carbons (Fsp3) is 0.333. The Morgan fingerprint density at radius 1 is 0.838 bits per heavy atom. The van der Waals surface area contributed by atoms with Crippen LogP contribution in [-0.2, 0) is 16.8 Å². The summed E-state index contributed by atoms with van der Waals surface area (Å²) in [6.45, 7) is 7.80. The first-order chi connectivity index (χ1) is 17.7. The topological polar surface area (TPSA) is 96.7 Å². The quantitative estimate of drug-likeness (QED) is 0.290. The van der Waals surface area contributed by atoms with Gasteiger partial charge in [0, 0.05) is 17.9 Å². The summed E-state index contributed by atoms with van der Waals surface area (Å²) in [5, 5.41) is 5.78. The van der Waals surface area contributed by atoms with Crippen molar-refractivity contribution >= 4 is 23.3 Å². The second-order valence-electron chi connectivity index (χ2n) is 10.0. The minimum atomic E-state index is -0.340. The molecule has 3 aromatic rings. The molecule has 0 aliphatic carbocycles. The lowest BCUT2D eigenvalue weighted by Gasteiger charge is -2.23. The normalized spacial score (nSPS) is 11.0. The summed E-state index contributed by atoms with van der Waals surface area (Å²) in [4.78, 5) is 27.3. The van der Waals surface area contributed by atoms with Crippen molar-refractivity contribution in [3.8, 4) is 5.75 Å². The van der Waals surface area contributed by atoms with E-state index in [4.69, 9.17) is 10.5 Å². The Bertz CT molecular complexity index is 1120. The number of ether oxygens (including phenoxy) is 1. The van der Waals surface area contributed by atoms with Crippen molar-refractivity contribution in [2.24, 2.45) is 5.73 Å². The predicted octanol–water partition coefficient (Wildman–Crippen LogP) is 5.77. The summed E-state index contributed by atoms with van der Waals surface area (Å²) < 4.78 is 5.81. The number of nitrogens with one attached hydrogen (secondary N) is 2. The highest BCUT2D eigenvalue weighted by molar-refractivity contribution is 5.97. The van der Waals surface area contributed by atoms with E-state index in [1.165, 1.54) is 10.5 Å². The molecular weight excluding hydrogens is 464 g/mol. The van der Waals surface area contributed by atoms with Gasteiger partial charge in [-0.05, 0) is 72.3 Å². The van der Waals surface area contributed by atoms with E-state index in [9.17, 15) is 9.59 Å². The Hall–Kier alpha value is -3.84. The first kappa shape index (κ1) is 27.7. The fourth-order valence-corrected chi connectivity index (χ4v) is 3.70. The van der Waals surface area contributed by atoms with Crippen molar-refractivity contribution in [3.63, 3.8) is 0 Å². The van der Waals surface area contributed by atoms with E-state index in [-0.39, 0.29) is 23.9 Å². The van der Waals surface area contributed by atoms with E-state index in [0.717, 1.165) is 12.0 Å². The van der Waals surface area contributed by atoms with Crippen molar-refractivity contribution in [3.05, 3.63) is 90.0 Å². The first-order valence-electron chi connectivity index (χ1n) is 12.7. The van der Waals surface area contributed by atoms with E-state index in [2.05, 4.69) is 31.4 Å². The molecule has 0 aromatic heterocycles. The van der Waals surface area contributed by atoms with Gasteiger partial charge in [-0.25, -0.2) is 4.79 Å². The highest BCUT2D eigenvalue weighted by atomic mass is 16.5. The molecule has 7 heteroatoms. The lowest BCUT2D eigenvalue weighted by Crippen LogP contribution is -2.41. The largest absolute Gasteiger partial charge is 0.489 e. The van der Waals surface area contributed by atoms with Crippen LogP contribution in [0.2, 0.25) is 0 Å². The number of anilines is 2. The number of rotatable bonds is 11. The van der Waals surface area contributed by atoms with Crippen LogP contribution in [0, 0.1) is 0 Å². The SMILES string of the molecule is CC(C)(C)c1ccc(NC(=O)CN(CCCCN)C(=O)Nc2ccc(OCc3ccccc3)cc2)cc1. The van der Waals surface area contributed by atoms with Gasteiger partial charge in [-0.3, -0.25) is 4.79 Å². The van der Waals surface area contributed by atoms with Gasteiger partial charge >= 0.3 is 6.03 Å². The molecule has 0 aliphatic heterocycles. The molecule has 7 nitrogen and oxygen atoms in total. The number of benzene rings is 3. The average Bonchev–Trinajstić information content (AvgIpc) is 2.88. The molecule has 0 radical (unpaired) electrons. The maximum absolute atomic E-state index is 13.0. The van der Waals surface area contributed by atoms with Crippen LogP contribution in [0.5, 0.6) is 5.75 Å². The Balaban J connectivity index is 1.56. The Kier molecular flexibility index (Phi) is 10.1. The minimum absolute atomic E-state index is 0.0344. The first-order valence-corrected chi connectivity index (χ1v) is 12.7. The van der Waals surface area contributed by atoms with Gasteiger partial charge in [-0.15, -0.1) is 0 Å². The molecular formula is C30H38N4O3. The summed E-state index contributed by atoms with van der Waals surface area (Å²) in [6.07, 6.45) is 1.48. The molecule has 196 valence electrons. The summed E-state index contributed by atoms with van der Waals surface area (Å²) in [7, 11) is 0. The lowest BCUT2D eigenvalue weighted by molar-refractivity contribution is -0.116. The highest BCUT2D eigenvalue weighted by Crippen LogP contribution is 2.23. The fourth-order valence-electron chi connectivity index (χ4n) is 3.70. The van der Waals surface area contributed by atoms with Gasteiger partial charge < -0.3 is 26.0 Å². The zero-order chi connectivity index (χ0) is 26.7. The predicted molar refractivity (Wildman–Crippen MR) is 150 cm³/mol. The van der Waals surface area contributed by atoms with Crippen LogP contribution in [0.3, 0.4) is 0 Å². The van der Waals surface area contributed by atoms with Gasteiger partial charge in [0.15, 0.2) is 0 Å². The number of nitrogens with zero attached hydrogens (tertiary/aromatic N) is 1. The highest BCUT2D eigenvalue weighted by Gasteiger charge is 2.18. The molecule has 0 aliphatic rings. The van der Waals surface area contributed by atoms with Gasteiger partial charge in [0.1, 0.15) is 18.9 Å². The third-order valence-corrected chi connectivity index (χ3v) is 5.89.